The Hall–Kier alpha value is -3.71. The molecule has 0 fully saturated rings. The lowest BCUT2D eigenvalue weighted by Crippen LogP contribution is -2.14. The number of carbonyl (C=O) groups excluding carboxylic acids is 1. The Morgan fingerprint density at radius 2 is 1.93 bits per heavy atom. The van der Waals surface area contributed by atoms with Gasteiger partial charge >= 0.3 is 0 Å². The van der Waals surface area contributed by atoms with Gasteiger partial charge in [0, 0.05) is 35.7 Å². The van der Waals surface area contributed by atoms with E-state index in [1.807, 2.05) is 12.1 Å². The molecule has 0 saturated heterocycles. The minimum atomic E-state index is -0.676. The van der Waals surface area contributed by atoms with E-state index in [2.05, 4.69) is 4.98 Å². The number of pyridine rings is 1. The van der Waals surface area contributed by atoms with Gasteiger partial charge < -0.3 is 9.47 Å². The van der Waals surface area contributed by atoms with Crippen LogP contribution in [0.1, 0.15) is 11.1 Å². The van der Waals surface area contributed by atoms with Gasteiger partial charge in [0.25, 0.3) is 5.91 Å². The lowest BCUT2D eigenvalue weighted by molar-refractivity contribution is -0.124. The monoisotopic (exact) mass is 380 g/mol. The molecule has 6 nitrogen and oxygen atoms in total. The molecule has 0 aliphatic carbocycles. The van der Waals surface area contributed by atoms with E-state index in [9.17, 15) is 9.18 Å². The summed E-state index contributed by atoms with van der Waals surface area (Å²) in [4.78, 5) is 15.3. The standard InChI is InChI=1S/C21H17FN2O4/c22-17-5-8-18(9-6-17)28-20-12-19(27-14-15-2-1-11-23-13-15)7-3-16(20)4-10-21(25)24-26/h1-13,26H,14H2,(H,24,25)/b10-4+. The molecular weight excluding hydrogens is 363 g/mol. The highest BCUT2D eigenvalue weighted by Crippen LogP contribution is 2.31. The van der Waals surface area contributed by atoms with Gasteiger partial charge in [0.05, 0.1) is 0 Å². The Morgan fingerprint density at radius 1 is 1.14 bits per heavy atom. The Bertz CT molecular complexity index is 960. The maximum atomic E-state index is 13.1. The number of nitrogens with one attached hydrogen (secondary N) is 1. The lowest BCUT2D eigenvalue weighted by atomic mass is 10.1. The molecule has 3 aromatic rings. The van der Waals surface area contributed by atoms with Crippen molar-refractivity contribution in [2.45, 2.75) is 6.61 Å². The first kappa shape index (κ1) is 19.1. The molecule has 0 aliphatic heterocycles. The van der Waals surface area contributed by atoms with Crippen molar-refractivity contribution in [2.24, 2.45) is 0 Å². The van der Waals surface area contributed by atoms with E-state index in [-0.39, 0.29) is 5.82 Å². The molecule has 28 heavy (non-hydrogen) atoms. The molecule has 0 radical (unpaired) electrons. The molecule has 0 atom stereocenters. The molecule has 7 heteroatoms. The van der Waals surface area contributed by atoms with E-state index in [1.165, 1.54) is 35.8 Å². The summed E-state index contributed by atoms with van der Waals surface area (Å²) >= 11 is 0. The van der Waals surface area contributed by atoms with Crippen molar-refractivity contribution in [3.8, 4) is 17.2 Å². The highest BCUT2D eigenvalue weighted by atomic mass is 19.1. The summed E-state index contributed by atoms with van der Waals surface area (Å²) in [5.74, 6) is 0.319. The highest BCUT2D eigenvalue weighted by molar-refractivity contribution is 5.91. The second kappa shape index (κ2) is 9.29. The number of hydrogen-bond donors (Lipinski definition) is 2. The summed E-state index contributed by atoms with van der Waals surface area (Å²) in [7, 11) is 0. The first-order valence-corrected chi connectivity index (χ1v) is 8.35. The van der Waals surface area contributed by atoms with Crippen LogP contribution in [0, 0.1) is 5.82 Å². The third-order valence-electron chi connectivity index (χ3n) is 3.68. The third-order valence-corrected chi connectivity index (χ3v) is 3.68. The van der Waals surface area contributed by atoms with E-state index in [4.69, 9.17) is 14.7 Å². The second-order valence-corrected chi connectivity index (χ2v) is 5.71. The van der Waals surface area contributed by atoms with Gasteiger partial charge in [0.2, 0.25) is 0 Å². The summed E-state index contributed by atoms with van der Waals surface area (Å²) in [6, 6.07) is 14.4. The van der Waals surface area contributed by atoms with Crippen molar-refractivity contribution in [3.05, 3.63) is 90.0 Å². The number of nitrogens with zero attached hydrogens (tertiary/aromatic N) is 1. The van der Waals surface area contributed by atoms with Crippen molar-refractivity contribution in [1.82, 2.24) is 10.5 Å². The van der Waals surface area contributed by atoms with E-state index in [0.29, 0.717) is 29.4 Å². The van der Waals surface area contributed by atoms with Crippen LogP contribution in [-0.4, -0.2) is 16.1 Å². The number of aromatic nitrogens is 1. The van der Waals surface area contributed by atoms with E-state index >= 15 is 0 Å². The number of hydrogen-bond acceptors (Lipinski definition) is 5. The van der Waals surface area contributed by atoms with E-state index in [1.54, 1.807) is 30.6 Å². The Morgan fingerprint density at radius 3 is 2.64 bits per heavy atom. The zero-order valence-corrected chi connectivity index (χ0v) is 14.7. The fourth-order valence-electron chi connectivity index (χ4n) is 2.31. The minimum Gasteiger partial charge on any atom is -0.489 e. The van der Waals surface area contributed by atoms with Gasteiger partial charge in [-0.1, -0.05) is 6.07 Å². The topological polar surface area (TPSA) is 80.7 Å². The predicted molar refractivity (Wildman–Crippen MR) is 100 cm³/mol. The van der Waals surface area contributed by atoms with Crippen LogP contribution in [0.4, 0.5) is 4.39 Å². The van der Waals surface area contributed by atoms with Gasteiger partial charge in [0.1, 0.15) is 29.7 Å². The molecule has 1 amide bonds. The van der Waals surface area contributed by atoms with Crippen LogP contribution in [-0.2, 0) is 11.4 Å². The van der Waals surface area contributed by atoms with Crippen LogP contribution in [0.15, 0.2) is 73.1 Å². The van der Waals surface area contributed by atoms with Crippen molar-refractivity contribution in [3.63, 3.8) is 0 Å². The van der Waals surface area contributed by atoms with Crippen LogP contribution in [0.2, 0.25) is 0 Å². The summed E-state index contributed by atoms with van der Waals surface area (Å²) in [5.41, 5.74) is 3.00. The number of rotatable bonds is 7. The maximum absolute atomic E-state index is 13.1. The van der Waals surface area contributed by atoms with Crippen LogP contribution in [0.5, 0.6) is 17.2 Å². The fraction of sp³-hybridized carbons (Fsp3) is 0.0476. The molecule has 142 valence electrons. The summed E-state index contributed by atoms with van der Waals surface area (Å²) in [6.07, 6.45) is 6.03. The van der Waals surface area contributed by atoms with Gasteiger partial charge in [-0.3, -0.25) is 15.0 Å². The largest absolute Gasteiger partial charge is 0.489 e. The zero-order valence-electron chi connectivity index (χ0n) is 14.7. The van der Waals surface area contributed by atoms with Crippen LogP contribution in [0.25, 0.3) is 6.08 Å². The van der Waals surface area contributed by atoms with E-state index < -0.39 is 5.91 Å². The van der Waals surface area contributed by atoms with Crippen molar-refractivity contribution < 1.29 is 23.9 Å². The average molecular weight is 380 g/mol. The zero-order chi connectivity index (χ0) is 19.8. The first-order valence-electron chi connectivity index (χ1n) is 8.35. The maximum Gasteiger partial charge on any atom is 0.267 e. The SMILES string of the molecule is O=C(/C=C/c1ccc(OCc2cccnc2)cc1Oc1ccc(F)cc1)NO. The molecule has 0 spiro atoms. The number of amides is 1. The Kier molecular flexibility index (Phi) is 6.33. The molecule has 0 bridgehead atoms. The average Bonchev–Trinajstić information content (AvgIpc) is 2.73. The quantitative estimate of drug-likeness (QED) is 0.366. The molecule has 3 rings (SSSR count). The fourth-order valence-corrected chi connectivity index (χ4v) is 2.31. The molecule has 0 unspecified atom stereocenters. The molecule has 2 aromatic carbocycles. The molecule has 1 aromatic heterocycles. The summed E-state index contributed by atoms with van der Waals surface area (Å²) < 4.78 is 24.7. The molecule has 0 saturated carbocycles. The van der Waals surface area contributed by atoms with Crippen molar-refractivity contribution in [2.75, 3.05) is 0 Å². The molecule has 2 N–H and O–H groups in total. The van der Waals surface area contributed by atoms with Crippen molar-refractivity contribution in [1.29, 1.82) is 0 Å². The molecule has 0 aliphatic rings. The highest BCUT2D eigenvalue weighted by Gasteiger charge is 2.07. The van der Waals surface area contributed by atoms with Crippen LogP contribution >= 0.6 is 0 Å². The van der Waals surface area contributed by atoms with Gasteiger partial charge in [-0.25, -0.2) is 9.87 Å². The van der Waals surface area contributed by atoms with Gasteiger partial charge in [0.15, 0.2) is 0 Å². The number of benzene rings is 2. The second-order valence-electron chi connectivity index (χ2n) is 5.71. The first-order chi connectivity index (χ1) is 13.6. The van der Waals surface area contributed by atoms with Crippen LogP contribution < -0.4 is 15.0 Å². The van der Waals surface area contributed by atoms with Crippen LogP contribution in [0.3, 0.4) is 0 Å². The number of halogens is 1. The molecule has 1 heterocycles. The summed E-state index contributed by atoms with van der Waals surface area (Å²) in [6.45, 7) is 0.325. The predicted octanol–water partition coefficient (Wildman–Crippen LogP) is 4.11. The van der Waals surface area contributed by atoms with Gasteiger partial charge in [-0.2, -0.15) is 0 Å². The van der Waals surface area contributed by atoms with E-state index in [0.717, 1.165) is 11.6 Å². The van der Waals surface area contributed by atoms with Gasteiger partial charge in [-0.05, 0) is 48.5 Å². The molecular formula is C21H17FN2O4. The third kappa shape index (κ3) is 5.39. The number of carbonyl (C=O) groups is 1. The number of hydroxylamine groups is 1. The summed E-state index contributed by atoms with van der Waals surface area (Å²) in [5, 5.41) is 8.62. The lowest BCUT2D eigenvalue weighted by Gasteiger charge is -2.12. The Labute approximate surface area is 160 Å². The van der Waals surface area contributed by atoms with Gasteiger partial charge in [-0.15, -0.1) is 0 Å². The van der Waals surface area contributed by atoms with Crippen molar-refractivity contribution >= 4 is 12.0 Å². The Balaban J connectivity index is 1.83. The minimum absolute atomic E-state index is 0.325. The normalized spacial score (nSPS) is 10.6. The number of ether oxygens (including phenoxy) is 2. The smallest absolute Gasteiger partial charge is 0.267 e.